The zero-order valence-corrected chi connectivity index (χ0v) is 14.4. The fraction of sp³-hybridized carbons (Fsp3) is 0.579. The average Bonchev–Trinajstić information content (AvgIpc) is 3.26. The topological polar surface area (TPSA) is 59.1 Å². The predicted octanol–water partition coefficient (Wildman–Crippen LogP) is 1.37. The number of ether oxygens (including phenoxy) is 2. The van der Waals surface area contributed by atoms with Gasteiger partial charge < -0.3 is 19.3 Å². The molecular formula is C19H24N2O4. The molecule has 0 aromatic heterocycles. The van der Waals surface area contributed by atoms with Gasteiger partial charge in [0.1, 0.15) is 0 Å². The maximum atomic E-state index is 12.9. The molecule has 1 atom stereocenters. The summed E-state index contributed by atoms with van der Waals surface area (Å²) in [6.45, 7) is 3.81. The Morgan fingerprint density at radius 2 is 1.84 bits per heavy atom. The lowest BCUT2D eigenvalue weighted by molar-refractivity contribution is -0.148. The molecule has 0 N–H and O–H groups in total. The summed E-state index contributed by atoms with van der Waals surface area (Å²) in [6.07, 6.45) is 2.76. The van der Waals surface area contributed by atoms with Crippen molar-refractivity contribution >= 4 is 17.5 Å². The summed E-state index contributed by atoms with van der Waals surface area (Å²) >= 11 is 0. The number of carbonyl (C=O) groups is 2. The Kier molecular flexibility index (Phi) is 4.48. The van der Waals surface area contributed by atoms with Crippen LogP contribution in [0.25, 0.3) is 0 Å². The molecule has 1 aromatic carbocycles. The summed E-state index contributed by atoms with van der Waals surface area (Å²) in [5, 5.41) is 0. The maximum absolute atomic E-state index is 12.9. The van der Waals surface area contributed by atoms with Crippen LogP contribution in [-0.4, -0.2) is 61.8 Å². The number of hydrogen-bond acceptors (Lipinski definition) is 4. The fourth-order valence-corrected chi connectivity index (χ4v) is 4.03. The molecular weight excluding hydrogens is 320 g/mol. The van der Waals surface area contributed by atoms with E-state index in [1.807, 2.05) is 34.1 Å². The van der Waals surface area contributed by atoms with Gasteiger partial charge in [0.2, 0.25) is 11.8 Å². The Bertz CT molecular complexity index is 652. The van der Waals surface area contributed by atoms with Gasteiger partial charge in [-0.3, -0.25) is 9.59 Å². The first-order chi connectivity index (χ1) is 12.2. The molecule has 25 heavy (non-hydrogen) atoms. The summed E-state index contributed by atoms with van der Waals surface area (Å²) in [5.74, 6) is 0.305. The zero-order chi connectivity index (χ0) is 17.3. The molecule has 0 aliphatic carbocycles. The first-order valence-electron chi connectivity index (χ1n) is 9.03. The van der Waals surface area contributed by atoms with E-state index in [9.17, 15) is 9.59 Å². The Morgan fingerprint density at radius 3 is 2.52 bits per heavy atom. The number of benzene rings is 1. The van der Waals surface area contributed by atoms with Gasteiger partial charge >= 0.3 is 0 Å². The Balaban J connectivity index is 1.44. The standard InChI is InChI=1S/C19H24N2O4/c22-17-2-1-8-20(17)16-5-3-15(4-6-16)12-18(23)21-9-11-25-14-19(21)7-10-24-13-19/h3-6H,1-2,7-14H2. The molecule has 0 bridgehead atoms. The molecule has 1 spiro atoms. The Labute approximate surface area is 147 Å². The molecule has 6 nitrogen and oxygen atoms in total. The highest BCUT2D eigenvalue weighted by Crippen LogP contribution is 2.30. The number of nitrogens with zero attached hydrogens (tertiary/aromatic N) is 2. The van der Waals surface area contributed by atoms with Crippen LogP contribution in [0.15, 0.2) is 24.3 Å². The molecule has 1 unspecified atom stereocenters. The third-order valence-corrected chi connectivity index (χ3v) is 5.46. The zero-order valence-electron chi connectivity index (χ0n) is 14.4. The SMILES string of the molecule is O=C1CCCN1c1ccc(CC(=O)N2CCOCC23CCOC3)cc1. The van der Waals surface area contributed by atoms with Crippen LogP contribution < -0.4 is 4.90 Å². The third kappa shape index (κ3) is 3.16. The van der Waals surface area contributed by atoms with Gasteiger partial charge in [-0.1, -0.05) is 12.1 Å². The lowest BCUT2D eigenvalue weighted by Gasteiger charge is -2.43. The van der Waals surface area contributed by atoms with Crippen LogP contribution in [0.2, 0.25) is 0 Å². The number of hydrogen-bond donors (Lipinski definition) is 0. The monoisotopic (exact) mass is 344 g/mol. The third-order valence-electron chi connectivity index (χ3n) is 5.46. The van der Waals surface area contributed by atoms with E-state index in [1.54, 1.807) is 0 Å². The number of morpholine rings is 1. The second-order valence-corrected chi connectivity index (χ2v) is 7.12. The lowest BCUT2D eigenvalue weighted by atomic mass is 9.95. The number of carbonyl (C=O) groups excluding carboxylic acids is 2. The van der Waals surface area contributed by atoms with Crippen LogP contribution in [0.5, 0.6) is 0 Å². The summed E-state index contributed by atoms with van der Waals surface area (Å²) < 4.78 is 11.1. The van der Waals surface area contributed by atoms with Crippen molar-refractivity contribution in [3.05, 3.63) is 29.8 Å². The minimum absolute atomic E-state index is 0.124. The Hall–Kier alpha value is -1.92. The highest BCUT2D eigenvalue weighted by atomic mass is 16.5. The van der Waals surface area contributed by atoms with Crippen molar-refractivity contribution in [2.75, 3.05) is 44.4 Å². The van der Waals surface area contributed by atoms with E-state index >= 15 is 0 Å². The molecule has 3 saturated heterocycles. The van der Waals surface area contributed by atoms with Gasteiger partial charge in [-0.2, -0.15) is 0 Å². The van der Waals surface area contributed by atoms with Crippen LogP contribution in [-0.2, 0) is 25.5 Å². The van der Waals surface area contributed by atoms with Gasteiger partial charge in [0.15, 0.2) is 0 Å². The highest BCUT2D eigenvalue weighted by Gasteiger charge is 2.45. The van der Waals surface area contributed by atoms with Gasteiger partial charge in [0, 0.05) is 31.8 Å². The quantitative estimate of drug-likeness (QED) is 0.831. The van der Waals surface area contributed by atoms with Gasteiger partial charge in [-0.25, -0.2) is 0 Å². The first-order valence-corrected chi connectivity index (χ1v) is 9.03. The van der Waals surface area contributed by atoms with E-state index in [1.165, 1.54) is 0 Å². The summed E-state index contributed by atoms with van der Waals surface area (Å²) in [6, 6.07) is 7.80. The Morgan fingerprint density at radius 1 is 1.08 bits per heavy atom. The van der Waals surface area contributed by atoms with E-state index in [4.69, 9.17) is 9.47 Å². The minimum atomic E-state index is -0.281. The van der Waals surface area contributed by atoms with Crippen LogP contribution in [0, 0.1) is 0 Å². The van der Waals surface area contributed by atoms with E-state index in [-0.39, 0.29) is 17.4 Å². The first kappa shape index (κ1) is 16.5. The van der Waals surface area contributed by atoms with Gasteiger partial charge in [0.05, 0.1) is 31.8 Å². The van der Waals surface area contributed by atoms with Crippen molar-refractivity contribution in [2.45, 2.75) is 31.2 Å². The fourth-order valence-electron chi connectivity index (χ4n) is 4.03. The number of anilines is 1. The molecule has 3 aliphatic heterocycles. The average molecular weight is 344 g/mol. The van der Waals surface area contributed by atoms with Gasteiger partial charge in [-0.15, -0.1) is 0 Å². The molecule has 3 fully saturated rings. The maximum Gasteiger partial charge on any atom is 0.227 e. The second kappa shape index (κ2) is 6.77. The van der Waals surface area contributed by atoms with Crippen molar-refractivity contribution in [2.24, 2.45) is 0 Å². The molecule has 2 amide bonds. The molecule has 6 heteroatoms. The summed E-state index contributed by atoms with van der Waals surface area (Å²) in [5.41, 5.74) is 1.61. The summed E-state index contributed by atoms with van der Waals surface area (Å²) in [7, 11) is 0. The van der Waals surface area contributed by atoms with E-state index < -0.39 is 0 Å². The van der Waals surface area contributed by atoms with Crippen LogP contribution in [0.1, 0.15) is 24.8 Å². The molecule has 0 radical (unpaired) electrons. The van der Waals surface area contributed by atoms with E-state index in [0.29, 0.717) is 45.8 Å². The van der Waals surface area contributed by atoms with Crippen LogP contribution in [0.3, 0.4) is 0 Å². The molecule has 3 aliphatic rings. The molecule has 3 heterocycles. The van der Waals surface area contributed by atoms with Crippen LogP contribution >= 0.6 is 0 Å². The van der Waals surface area contributed by atoms with Gasteiger partial charge in [-0.05, 0) is 30.5 Å². The normalized spacial score (nSPS) is 26.6. The van der Waals surface area contributed by atoms with Crippen molar-refractivity contribution < 1.29 is 19.1 Å². The minimum Gasteiger partial charge on any atom is -0.379 e. The van der Waals surface area contributed by atoms with E-state index in [0.717, 1.165) is 30.6 Å². The van der Waals surface area contributed by atoms with Crippen molar-refractivity contribution in [1.82, 2.24) is 4.90 Å². The molecule has 1 aromatic rings. The number of amides is 2. The highest BCUT2D eigenvalue weighted by molar-refractivity contribution is 5.95. The van der Waals surface area contributed by atoms with Crippen molar-refractivity contribution in [3.8, 4) is 0 Å². The predicted molar refractivity (Wildman–Crippen MR) is 92.4 cm³/mol. The van der Waals surface area contributed by atoms with E-state index in [2.05, 4.69) is 0 Å². The van der Waals surface area contributed by atoms with Crippen LogP contribution in [0.4, 0.5) is 5.69 Å². The molecule has 4 rings (SSSR count). The number of rotatable bonds is 3. The lowest BCUT2D eigenvalue weighted by Crippen LogP contribution is -2.60. The largest absolute Gasteiger partial charge is 0.379 e. The smallest absolute Gasteiger partial charge is 0.227 e. The van der Waals surface area contributed by atoms with Gasteiger partial charge in [0.25, 0.3) is 0 Å². The molecule has 0 saturated carbocycles. The molecule has 134 valence electrons. The summed E-state index contributed by atoms with van der Waals surface area (Å²) in [4.78, 5) is 28.5. The second-order valence-electron chi connectivity index (χ2n) is 7.12. The van der Waals surface area contributed by atoms with Crippen molar-refractivity contribution in [1.29, 1.82) is 0 Å². The van der Waals surface area contributed by atoms with Crippen molar-refractivity contribution in [3.63, 3.8) is 0 Å².